The Morgan fingerprint density at radius 1 is 1.11 bits per heavy atom. The maximum absolute atomic E-state index is 9.69. The average Bonchev–Trinajstić information content (AvgIpc) is 2.74. The fraction of sp³-hybridized carbons (Fsp3) is 0.0714. The van der Waals surface area contributed by atoms with E-state index in [2.05, 4.69) is 4.98 Å². The summed E-state index contributed by atoms with van der Waals surface area (Å²) >= 11 is 0. The van der Waals surface area contributed by atoms with Gasteiger partial charge in [-0.1, -0.05) is 12.1 Å². The van der Waals surface area contributed by atoms with Gasteiger partial charge in [-0.2, -0.15) is 0 Å². The summed E-state index contributed by atoms with van der Waals surface area (Å²) in [5.41, 5.74) is 1.67. The molecule has 1 aromatic carbocycles. The van der Waals surface area contributed by atoms with Crippen molar-refractivity contribution in [3.05, 3.63) is 60.2 Å². The van der Waals surface area contributed by atoms with E-state index in [-0.39, 0.29) is 11.5 Å². The highest BCUT2D eigenvalue weighted by Crippen LogP contribution is 2.20. The van der Waals surface area contributed by atoms with Crippen LogP contribution in [-0.4, -0.2) is 19.6 Å². The molecule has 4 heteroatoms. The van der Waals surface area contributed by atoms with Crippen molar-refractivity contribution in [2.75, 3.05) is 0 Å². The predicted octanol–water partition coefficient (Wildman–Crippen LogP) is 2.34. The van der Waals surface area contributed by atoms with Crippen molar-refractivity contribution >= 4 is 5.52 Å². The first kappa shape index (κ1) is 10.7. The summed E-state index contributed by atoms with van der Waals surface area (Å²) < 4.78 is 1.85. The van der Waals surface area contributed by atoms with Gasteiger partial charge in [0.25, 0.3) is 0 Å². The molecular formula is C14H12N2O2. The summed E-state index contributed by atoms with van der Waals surface area (Å²) in [6, 6.07) is 10.5. The Morgan fingerprint density at radius 3 is 2.83 bits per heavy atom. The third kappa shape index (κ3) is 1.78. The van der Waals surface area contributed by atoms with Crippen molar-refractivity contribution in [3.8, 4) is 11.5 Å². The van der Waals surface area contributed by atoms with Crippen LogP contribution < -0.4 is 0 Å². The second-order valence-electron chi connectivity index (χ2n) is 4.17. The van der Waals surface area contributed by atoms with Crippen molar-refractivity contribution < 1.29 is 10.2 Å². The number of aromatic nitrogens is 2. The van der Waals surface area contributed by atoms with Crippen molar-refractivity contribution in [3.63, 3.8) is 0 Å². The molecule has 0 saturated carbocycles. The van der Waals surface area contributed by atoms with E-state index in [4.69, 9.17) is 0 Å². The van der Waals surface area contributed by atoms with Crippen LogP contribution in [0.15, 0.2) is 48.8 Å². The van der Waals surface area contributed by atoms with Gasteiger partial charge in [0.2, 0.25) is 0 Å². The molecule has 3 aromatic rings. The van der Waals surface area contributed by atoms with E-state index < -0.39 is 0 Å². The predicted molar refractivity (Wildman–Crippen MR) is 67.8 cm³/mol. The molecule has 0 saturated heterocycles. The van der Waals surface area contributed by atoms with Crippen LogP contribution in [0.4, 0.5) is 0 Å². The van der Waals surface area contributed by atoms with Crippen molar-refractivity contribution in [2.24, 2.45) is 0 Å². The Hall–Kier alpha value is -2.49. The number of aromatic hydroxyl groups is 2. The summed E-state index contributed by atoms with van der Waals surface area (Å²) in [5, 5.41) is 19.1. The first-order valence-electron chi connectivity index (χ1n) is 5.66. The Morgan fingerprint density at radius 2 is 2.00 bits per heavy atom. The number of hydrogen-bond donors (Lipinski definition) is 2. The van der Waals surface area contributed by atoms with Gasteiger partial charge in [-0.25, -0.2) is 4.98 Å². The normalized spacial score (nSPS) is 10.9. The fourth-order valence-electron chi connectivity index (χ4n) is 2.04. The van der Waals surface area contributed by atoms with Gasteiger partial charge in [0, 0.05) is 12.6 Å². The van der Waals surface area contributed by atoms with Gasteiger partial charge in [-0.15, -0.1) is 0 Å². The number of phenols is 1. The smallest absolute Gasteiger partial charge is 0.141 e. The molecule has 0 amide bonds. The van der Waals surface area contributed by atoms with Crippen LogP contribution in [0.1, 0.15) is 11.4 Å². The monoisotopic (exact) mass is 240 g/mol. The molecule has 0 aliphatic carbocycles. The maximum atomic E-state index is 9.69. The Bertz CT molecular complexity index is 704. The van der Waals surface area contributed by atoms with Crippen LogP contribution in [-0.2, 0) is 6.42 Å². The summed E-state index contributed by atoms with van der Waals surface area (Å²) in [5.74, 6) is 1.29. The third-order valence-corrected chi connectivity index (χ3v) is 2.90. The topological polar surface area (TPSA) is 57.8 Å². The largest absolute Gasteiger partial charge is 0.508 e. The number of nitrogens with zero attached hydrogens (tertiary/aromatic N) is 2. The third-order valence-electron chi connectivity index (χ3n) is 2.90. The summed E-state index contributed by atoms with van der Waals surface area (Å²) in [6.07, 6.45) is 4.11. The van der Waals surface area contributed by atoms with Crippen molar-refractivity contribution in [1.29, 1.82) is 0 Å². The van der Waals surface area contributed by atoms with Crippen LogP contribution in [0.2, 0.25) is 0 Å². The van der Waals surface area contributed by atoms with Crippen LogP contribution in [0.25, 0.3) is 5.52 Å². The first-order valence-corrected chi connectivity index (χ1v) is 5.66. The van der Waals surface area contributed by atoms with Crippen molar-refractivity contribution in [2.45, 2.75) is 6.42 Å². The lowest BCUT2D eigenvalue weighted by Crippen LogP contribution is -1.95. The van der Waals surface area contributed by atoms with Crippen molar-refractivity contribution in [1.82, 2.24) is 9.38 Å². The molecule has 0 bridgehead atoms. The molecule has 0 aliphatic rings. The SMILES string of the molecule is Oc1cccc(Cc2ncc3c(O)cccn23)c1. The lowest BCUT2D eigenvalue weighted by atomic mass is 10.1. The van der Waals surface area contributed by atoms with Gasteiger partial charge >= 0.3 is 0 Å². The zero-order chi connectivity index (χ0) is 12.5. The highest BCUT2D eigenvalue weighted by atomic mass is 16.3. The van der Waals surface area contributed by atoms with E-state index in [9.17, 15) is 10.2 Å². The first-order chi connectivity index (χ1) is 8.74. The number of rotatable bonds is 2. The molecule has 2 N–H and O–H groups in total. The number of imidazole rings is 1. The van der Waals surface area contributed by atoms with Crippen LogP contribution in [0.3, 0.4) is 0 Å². The lowest BCUT2D eigenvalue weighted by Gasteiger charge is -2.03. The lowest BCUT2D eigenvalue weighted by molar-refractivity contribution is 0.474. The molecule has 0 spiro atoms. The quantitative estimate of drug-likeness (QED) is 0.722. The zero-order valence-corrected chi connectivity index (χ0v) is 9.61. The van der Waals surface area contributed by atoms with Gasteiger partial charge in [-0.05, 0) is 29.8 Å². The molecule has 2 aromatic heterocycles. The van der Waals surface area contributed by atoms with Gasteiger partial charge in [0.05, 0.1) is 6.20 Å². The fourth-order valence-corrected chi connectivity index (χ4v) is 2.04. The van der Waals surface area contributed by atoms with Crippen LogP contribution in [0.5, 0.6) is 11.5 Å². The second kappa shape index (κ2) is 4.07. The van der Waals surface area contributed by atoms with Crippen LogP contribution in [0, 0.1) is 0 Å². The minimum Gasteiger partial charge on any atom is -0.508 e. The van der Waals surface area contributed by atoms with Gasteiger partial charge < -0.3 is 14.6 Å². The Balaban J connectivity index is 2.03. The zero-order valence-electron chi connectivity index (χ0n) is 9.61. The molecule has 2 heterocycles. The summed E-state index contributed by atoms with van der Waals surface area (Å²) in [7, 11) is 0. The van der Waals surface area contributed by atoms with Gasteiger partial charge in [-0.3, -0.25) is 0 Å². The average molecular weight is 240 g/mol. The maximum Gasteiger partial charge on any atom is 0.141 e. The molecule has 18 heavy (non-hydrogen) atoms. The number of benzene rings is 1. The molecule has 90 valence electrons. The minimum atomic E-state index is 0.215. The molecule has 0 fully saturated rings. The minimum absolute atomic E-state index is 0.215. The second-order valence-corrected chi connectivity index (χ2v) is 4.17. The molecule has 0 atom stereocenters. The molecule has 3 rings (SSSR count). The number of fused-ring (bicyclic) bond motifs is 1. The van der Waals surface area contributed by atoms with Crippen LogP contribution >= 0.6 is 0 Å². The summed E-state index contributed by atoms with van der Waals surface area (Å²) in [4.78, 5) is 4.30. The highest BCUT2D eigenvalue weighted by Gasteiger charge is 2.07. The number of hydrogen-bond acceptors (Lipinski definition) is 3. The number of pyridine rings is 1. The Labute approximate surface area is 104 Å². The number of phenolic OH excluding ortho intramolecular Hbond substituents is 1. The van der Waals surface area contributed by atoms with E-state index in [1.54, 1.807) is 36.5 Å². The Kier molecular flexibility index (Phi) is 2.41. The molecule has 4 nitrogen and oxygen atoms in total. The molecule has 0 unspecified atom stereocenters. The molecular weight excluding hydrogens is 228 g/mol. The van der Waals surface area contributed by atoms with E-state index in [0.717, 1.165) is 11.4 Å². The molecule has 0 radical (unpaired) electrons. The van der Waals surface area contributed by atoms with Gasteiger partial charge in [0.15, 0.2) is 0 Å². The standard InChI is InChI=1S/C14H12N2O2/c17-11-4-1-3-10(7-11)8-14-15-9-12-13(18)5-2-6-16(12)14/h1-7,9,17-18H,8H2. The van der Waals surface area contributed by atoms with E-state index in [1.165, 1.54) is 0 Å². The van der Waals surface area contributed by atoms with E-state index >= 15 is 0 Å². The van der Waals surface area contributed by atoms with Gasteiger partial charge in [0.1, 0.15) is 22.8 Å². The molecule has 0 aliphatic heterocycles. The summed E-state index contributed by atoms with van der Waals surface area (Å²) in [6.45, 7) is 0. The van der Waals surface area contributed by atoms with E-state index in [0.29, 0.717) is 11.9 Å². The van der Waals surface area contributed by atoms with E-state index in [1.807, 2.05) is 16.7 Å². The highest BCUT2D eigenvalue weighted by molar-refractivity contribution is 5.58.